The Morgan fingerprint density at radius 1 is 1.20 bits per heavy atom. The summed E-state index contributed by atoms with van der Waals surface area (Å²) in [7, 11) is -0.348. The molecule has 0 amide bonds. The maximum absolute atomic E-state index is 11.9. The molecule has 1 fully saturated rings. The first kappa shape index (κ1) is 10.8. The highest BCUT2D eigenvalue weighted by molar-refractivity contribution is 7.54. The van der Waals surface area contributed by atoms with Crippen LogP contribution in [0.15, 0.2) is 30.3 Å². The monoisotopic (exact) mass is 228 g/mol. The lowest BCUT2D eigenvalue weighted by Crippen LogP contribution is -1.96. The lowest BCUT2D eigenvalue weighted by Gasteiger charge is -2.10. The van der Waals surface area contributed by atoms with Gasteiger partial charge in [0.05, 0.1) is 0 Å². The molecule has 0 spiro atoms. The minimum atomic E-state index is -3.09. The molecular weight excluding hydrogens is 215 g/mol. The van der Waals surface area contributed by atoms with Gasteiger partial charge >= 0.3 is 7.60 Å². The normalized spacial score (nSPS) is 25.2. The predicted octanol–water partition coefficient (Wildman–Crippen LogP) is 2.57. The molecule has 1 aromatic carbocycles. The van der Waals surface area contributed by atoms with Crippen molar-refractivity contribution in [1.82, 2.24) is 0 Å². The van der Waals surface area contributed by atoms with Crippen molar-refractivity contribution in [3.8, 4) is 0 Å². The van der Waals surface area contributed by atoms with Crippen molar-refractivity contribution in [2.24, 2.45) is 0 Å². The molecule has 1 aliphatic heterocycles. The molecule has 0 radical (unpaired) electrons. The average Bonchev–Trinajstić information content (AvgIpc) is 3.10. The third-order valence-corrected chi connectivity index (χ3v) is 4.45. The minimum Gasteiger partial charge on any atom is -0.351 e. The zero-order valence-electron chi connectivity index (χ0n) is 8.62. The molecule has 0 N–H and O–H groups in total. The molecule has 0 bridgehead atoms. The van der Waals surface area contributed by atoms with Gasteiger partial charge in [-0.15, -0.1) is 0 Å². The number of hydrogen-bond donors (Lipinski definition) is 0. The quantitative estimate of drug-likeness (QED) is 0.587. The fourth-order valence-electron chi connectivity index (χ4n) is 1.51. The molecule has 0 aromatic heterocycles. The van der Waals surface area contributed by atoms with Crippen LogP contribution in [0.1, 0.15) is 11.7 Å². The van der Waals surface area contributed by atoms with E-state index in [2.05, 4.69) is 0 Å². The van der Waals surface area contributed by atoms with E-state index in [1.807, 2.05) is 30.3 Å². The van der Waals surface area contributed by atoms with Gasteiger partial charge in [0, 0.05) is 14.2 Å². The van der Waals surface area contributed by atoms with Gasteiger partial charge in [-0.3, -0.25) is 4.57 Å². The molecule has 2 atom stereocenters. The zero-order chi connectivity index (χ0) is 10.9. The van der Waals surface area contributed by atoms with Crippen LogP contribution in [-0.2, 0) is 18.3 Å². The molecule has 1 heterocycles. The molecule has 1 aromatic rings. The first-order valence-electron chi connectivity index (χ1n) is 4.63. The third-order valence-electron chi connectivity index (χ3n) is 2.42. The molecular formula is C10H13O4P. The van der Waals surface area contributed by atoms with E-state index >= 15 is 0 Å². The largest absolute Gasteiger partial charge is 0.361 e. The first-order valence-corrected chi connectivity index (χ1v) is 6.24. The van der Waals surface area contributed by atoms with Crippen LogP contribution >= 0.6 is 7.60 Å². The van der Waals surface area contributed by atoms with E-state index in [4.69, 9.17) is 13.8 Å². The fourth-order valence-corrected chi connectivity index (χ4v) is 2.86. The van der Waals surface area contributed by atoms with Crippen molar-refractivity contribution in [3.05, 3.63) is 35.9 Å². The summed E-state index contributed by atoms with van der Waals surface area (Å²) in [6, 6.07) is 9.62. The van der Waals surface area contributed by atoms with E-state index in [0.717, 1.165) is 5.56 Å². The molecule has 1 saturated heterocycles. The van der Waals surface area contributed by atoms with Crippen LogP contribution < -0.4 is 0 Å². The van der Waals surface area contributed by atoms with Crippen molar-refractivity contribution < 1.29 is 18.3 Å². The minimum absolute atomic E-state index is 0.170. The number of hydrogen-bond acceptors (Lipinski definition) is 4. The third kappa shape index (κ3) is 1.99. The highest BCUT2D eigenvalue weighted by atomic mass is 31.2. The van der Waals surface area contributed by atoms with E-state index in [0.29, 0.717) is 0 Å². The molecule has 1 aliphatic rings. The van der Waals surface area contributed by atoms with E-state index in [9.17, 15) is 4.57 Å². The summed E-state index contributed by atoms with van der Waals surface area (Å²) in [4.78, 5) is 0. The Balaban J connectivity index is 2.11. The number of rotatable bonds is 4. The van der Waals surface area contributed by atoms with E-state index < -0.39 is 13.4 Å². The fraction of sp³-hybridized carbons (Fsp3) is 0.400. The van der Waals surface area contributed by atoms with Gasteiger partial charge < -0.3 is 13.8 Å². The molecule has 15 heavy (non-hydrogen) atoms. The van der Waals surface area contributed by atoms with E-state index in [-0.39, 0.29) is 6.10 Å². The second kappa shape index (κ2) is 4.06. The van der Waals surface area contributed by atoms with E-state index in [1.165, 1.54) is 14.2 Å². The second-order valence-corrected chi connectivity index (χ2v) is 5.58. The standard InChI is InChI=1S/C10H13O4P/c1-12-15(11,13-2)10-9(14-10)8-6-4-3-5-7-8/h3-7,9-10H,1-2H3/t9-,10+/m1/s1. The lowest BCUT2D eigenvalue weighted by molar-refractivity contribution is 0.257. The summed E-state index contributed by atoms with van der Waals surface area (Å²) in [5, 5.41) is 0. The smallest absolute Gasteiger partial charge is 0.351 e. The van der Waals surface area contributed by atoms with Crippen LogP contribution in [0, 0.1) is 0 Å². The van der Waals surface area contributed by atoms with Crippen molar-refractivity contribution in [2.45, 2.75) is 11.9 Å². The van der Waals surface area contributed by atoms with Gasteiger partial charge in [0.1, 0.15) is 6.10 Å². The average molecular weight is 228 g/mol. The summed E-state index contributed by atoms with van der Waals surface area (Å²) < 4.78 is 27.0. The van der Waals surface area contributed by atoms with Gasteiger partial charge in [0.2, 0.25) is 0 Å². The van der Waals surface area contributed by atoms with Crippen molar-refractivity contribution >= 4 is 7.60 Å². The maximum atomic E-state index is 11.9. The van der Waals surface area contributed by atoms with Gasteiger partial charge in [-0.1, -0.05) is 30.3 Å². The molecule has 5 heteroatoms. The Bertz CT molecular complexity index is 370. The van der Waals surface area contributed by atoms with Gasteiger partial charge in [-0.25, -0.2) is 0 Å². The first-order chi connectivity index (χ1) is 7.21. The number of benzene rings is 1. The molecule has 0 saturated carbocycles. The summed E-state index contributed by atoms with van der Waals surface area (Å²) in [5.74, 6) is -0.463. The van der Waals surface area contributed by atoms with E-state index in [1.54, 1.807) is 0 Å². The SMILES string of the molecule is COP(=O)(OC)[C@@H]1O[C@@H]1c1ccccc1. The van der Waals surface area contributed by atoms with Gasteiger partial charge in [-0.2, -0.15) is 0 Å². The molecule has 82 valence electrons. The van der Waals surface area contributed by atoms with Gasteiger partial charge in [0.15, 0.2) is 5.85 Å². The highest BCUT2D eigenvalue weighted by Crippen LogP contribution is 2.65. The van der Waals surface area contributed by atoms with Crippen LogP contribution in [0.25, 0.3) is 0 Å². The molecule has 0 unspecified atom stereocenters. The Hall–Kier alpha value is -0.670. The second-order valence-electron chi connectivity index (χ2n) is 3.26. The predicted molar refractivity (Wildman–Crippen MR) is 55.7 cm³/mol. The Morgan fingerprint density at radius 2 is 1.80 bits per heavy atom. The molecule has 2 rings (SSSR count). The summed E-state index contributed by atoms with van der Waals surface area (Å²) in [6.45, 7) is 0. The van der Waals surface area contributed by atoms with Crippen molar-refractivity contribution in [2.75, 3.05) is 14.2 Å². The Kier molecular flexibility index (Phi) is 2.94. The highest BCUT2D eigenvalue weighted by Gasteiger charge is 2.54. The van der Waals surface area contributed by atoms with Crippen molar-refractivity contribution in [1.29, 1.82) is 0 Å². The number of ether oxygens (including phenoxy) is 1. The number of epoxide rings is 1. The Morgan fingerprint density at radius 3 is 2.33 bits per heavy atom. The molecule has 4 nitrogen and oxygen atoms in total. The maximum Gasteiger partial charge on any atom is 0.361 e. The van der Waals surface area contributed by atoms with Crippen molar-refractivity contribution in [3.63, 3.8) is 0 Å². The Labute approximate surface area is 88.7 Å². The van der Waals surface area contributed by atoms with Crippen LogP contribution in [0.5, 0.6) is 0 Å². The van der Waals surface area contributed by atoms with Crippen LogP contribution in [0.4, 0.5) is 0 Å². The van der Waals surface area contributed by atoms with Crippen LogP contribution in [0.3, 0.4) is 0 Å². The van der Waals surface area contributed by atoms with Crippen LogP contribution in [-0.4, -0.2) is 20.1 Å². The van der Waals surface area contributed by atoms with Crippen LogP contribution in [0.2, 0.25) is 0 Å². The summed E-state index contributed by atoms with van der Waals surface area (Å²) in [5.41, 5.74) is 0.997. The zero-order valence-corrected chi connectivity index (χ0v) is 9.52. The van der Waals surface area contributed by atoms with Gasteiger partial charge in [-0.05, 0) is 5.56 Å². The summed E-state index contributed by atoms with van der Waals surface area (Å²) >= 11 is 0. The summed E-state index contributed by atoms with van der Waals surface area (Å²) in [6.07, 6.45) is -0.170. The lowest BCUT2D eigenvalue weighted by atomic mass is 10.2. The topological polar surface area (TPSA) is 48.1 Å². The van der Waals surface area contributed by atoms with Gasteiger partial charge in [0.25, 0.3) is 0 Å². The molecule has 0 aliphatic carbocycles.